The van der Waals surface area contributed by atoms with Gasteiger partial charge in [-0.05, 0) is 30.7 Å². The number of aromatic nitrogens is 2. The largest absolute Gasteiger partial charge is 0.493 e. The minimum Gasteiger partial charge on any atom is -0.493 e. The molecule has 0 spiro atoms. The molecule has 164 valence electrons. The smallest absolute Gasteiger partial charge is 0.252 e. The highest BCUT2D eigenvalue weighted by Crippen LogP contribution is 2.38. The van der Waals surface area contributed by atoms with Gasteiger partial charge in [0, 0.05) is 5.56 Å². The van der Waals surface area contributed by atoms with Crippen molar-refractivity contribution in [3.05, 3.63) is 42.0 Å². The summed E-state index contributed by atoms with van der Waals surface area (Å²) >= 11 is 0. The Bertz CT molecular complexity index is 1020. The van der Waals surface area contributed by atoms with E-state index in [1.165, 1.54) is 33.5 Å². The van der Waals surface area contributed by atoms with Crippen LogP contribution in [0.5, 0.6) is 17.2 Å². The third kappa shape index (κ3) is 4.88. The molecule has 0 saturated carbocycles. The summed E-state index contributed by atoms with van der Waals surface area (Å²) in [5.74, 6) is 0.624. The van der Waals surface area contributed by atoms with Crippen LogP contribution in [-0.2, 0) is 4.79 Å². The first-order valence-electron chi connectivity index (χ1n) is 9.87. The second-order valence-corrected chi connectivity index (χ2v) is 6.82. The monoisotopic (exact) mass is 426 g/mol. The summed E-state index contributed by atoms with van der Waals surface area (Å²) < 4.78 is 15.9. The highest BCUT2D eigenvalue weighted by atomic mass is 16.5. The van der Waals surface area contributed by atoms with E-state index < -0.39 is 11.9 Å². The lowest BCUT2D eigenvalue weighted by Crippen LogP contribution is -2.43. The minimum atomic E-state index is -0.746. The molecule has 2 amide bonds. The van der Waals surface area contributed by atoms with E-state index in [1.54, 1.807) is 0 Å². The summed E-state index contributed by atoms with van der Waals surface area (Å²) in [5, 5.41) is 5.53. The van der Waals surface area contributed by atoms with Gasteiger partial charge in [0.15, 0.2) is 11.5 Å². The van der Waals surface area contributed by atoms with Crippen LogP contribution < -0.4 is 24.8 Å². The molecule has 3 aromatic rings. The van der Waals surface area contributed by atoms with Crippen LogP contribution in [0.15, 0.2) is 36.4 Å². The summed E-state index contributed by atoms with van der Waals surface area (Å²) in [6.45, 7) is 1.94. The summed E-state index contributed by atoms with van der Waals surface area (Å²) in [6.07, 6.45) is 1.16. The molecule has 1 aromatic heterocycles. The number of nitrogens with zero attached hydrogens (tertiary/aromatic N) is 1. The van der Waals surface area contributed by atoms with Crippen LogP contribution in [-0.4, -0.2) is 49.2 Å². The first kappa shape index (κ1) is 21.9. The lowest BCUT2D eigenvalue weighted by Gasteiger charge is -2.18. The van der Waals surface area contributed by atoms with E-state index in [-0.39, 0.29) is 11.5 Å². The summed E-state index contributed by atoms with van der Waals surface area (Å²) in [4.78, 5) is 33.1. The van der Waals surface area contributed by atoms with Crippen molar-refractivity contribution in [2.45, 2.75) is 25.8 Å². The lowest BCUT2D eigenvalue weighted by atomic mass is 10.1. The number of fused-ring (bicyclic) bond motifs is 1. The number of rotatable bonds is 9. The van der Waals surface area contributed by atoms with Gasteiger partial charge >= 0.3 is 0 Å². The summed E-state index contributed by atoms with van der Waals surface area (Å²) in [5.41, 5.74) is 1.84. The molecule has 0 unspecified atom stereocenters. The van der Waals surface area contributed by atoms with Gasteiger partial charge in [-0.3, -0.25) is 14.9 Å². The molecule has 0 aliphatic heterocycles. The van der Waals surface area contributed by atoms with E-state index in [0.29, 0.717) is 36.0 Å². The van der Waals surface area contributed by atoms with Crippen molar-refractivity contribution in [2.24, 2.45) is 0 Å². The quantitative estimate of drug-likeness (QED) is 0.484. The second kappa shape index (κ2) is 9.84. The van der Waals surface area contributed by atoms with Gasteiger partial charge in [-0.1, -0.05) is 25.5 Å². The number of carbonyl (C=O) groups is 2. The number of para-hydroxylation sites is 2. The van der Waals surface area contributed by atoms with Crippen molar-refractivity contribution in [1.82, 2.24) is 15.3 Å². The third-order valence-corrected chi connectivity index (χ3v) is 4.76. The van der Waals surface area contributed by atoms with Crippen LogP contribution in [0.4, 0.5) is 5.95 Å². The average molecular weight is 426 g/mol. The standard InChI is InChI=1S/C22H26N4O5/c1-5-8-16(21(28)26-22-24-14-9-6-7-10-15(14)25-22)23-20(27)13-11-17(29-2)19(31-4)18(12-13)30-3/h6-7,9-12,16H,5,8H2,1-4H3,(H,23,27)(H2,24,25,26,28)/t16-/m0/s1. The number of amides is 2. The van der Waals surface area contributed by atoms with Gasteiger partial charge in [0.2, 0.25) is 17.6 Å². The molecule has 0 bridgehead atoms. The Balaban J connectivity index is 1.78. The van der Waals surface area contributed by atoms with Gasteiger partial charge < -0.3 is 24.5 Å². The van der Waals surface area contributed by atoms with Crippen LogP contribution in [0.1, 0.15) is 30.1 Å². The normalized spacial score (nSPS) is 11.6. The Morgan fingerprint density at radius 2 is 1.74 bits per heavy atom. The molecule has 0 radical (unpaired) electrons. The molecule has 1 heterocycles. The average Bonchev–Trinajstić information content (AvgIpc) is 3.19. The minimum absolute atomic E-state index is 0.284. The lowest BCUT2D eigenvalue weighted by molar-refractivity contribution is -0.118. The first-order chi connectivity index (χ1) is 15.0. The fourth-order valence-corrected chi connectivity index (χ4v) is 3.23. The van der Waals surface area contributed by atoms with E-state index in [1.807, 2.05) is 31.2 Å². The number of methoxy groups -OCH3 is 3. The zero-order valence-electron chi connectivity index (χ0n) is 17.9. The zero-order valence-corrected chi connectivity index (χ0v) is 17.9. The number of hydrogen-bond donors (Lipinski definition) is 3. The number of benzene rings is 2. The van der Waals surface area contributed by atoms with Crippen LogP contribution in [0.2, 0.25) is 0 Å². The van der Waals surface area contributed by atoms with Crippen molar-refractivity contribution in [1.29, 1.82) is 0 Å². The molecule has 0 aliphatic carbocycles. The Morgan fingerprint density at radius 1 is 1.06 bits per heavy atom. The maximum atomic E-state index is 12.9. The number of carbonyl (C=O) groups excluding carboxylic acids is 2. The third-order valence-electron chi connectivity index (χ3n) is 4.76. The Hall–Kier alpha value is -3.75. The van der Waals surface area contributed by atoms with E-state index in [2.05, 4.69) is 20.6 Å². The predicted molar refractivity (Wildman–Crippen MR) is 117 cm³/mol. The molecule has 1 atom stereocenters. The molecule has 3 N–H and O–H groups in total. The van der Waals surface area contributed by atoms with Gasteiger partial charge in [-0.2, -0.15) is 0 Å². The maximum Gasteiger partial charge on any atom is 0.252 e. The number of hydrogen-bond acceptors (Lipinski definition) is 6. The Labute approximate surface area is 180 Å². The van der Waals surface area contributed by atoms with Crippen molar-refractivity contribution < 1.29 is 23.8 Å². The SMILES string of the molecule is CCC[C@H](NC(=O)c1cc(OC)c(OC)c(OC)c1)C(=O)Nc1nc2ccccc2[nH]1. The van der Waals surface area contributed by atoms with Crippen molar-refractivity contribution in [3.8, 4) is 17.2 Å². The highest BCUT2D eigenvalue weighted by molar-refractivity contribution is 6.01. The molecular formula is C22H26N4O5. The van der Waals surface area contributed by atoms with Crippen LogP contribution in [0.25, 0.3) is 11.0 Å². The molecule has 0 saturated heterocycles. The number of H-pyrrole nitrogens is 1. The van der Waals surface area contributed by atoms with E-state index in [9.17, 15) is 9.59 Å². The molecule has 9 heteroatoms. The van der Waals surface area contributed by atoms with E-state index >= 15 is 0 Å². The van der Waals surface area contributed by atoms with Gasteiger partial charge in [0.25, 0.3) is 5.91 Å². The summed E-state index contributed by atoms with van der Waals surface area (Å²) in [6, 6.07) is 9.79. The fourth-order valence-electron chi connectivity index (χ4n) is 3.23. The first-order valence-corrected chi connectivity index (χ1v) is 9.87. The Morgan fingerprint density at radius 3 is 2.32 bits per heavy atom. The highest BCUT2D eigenvalue weighted by Gasteiger charge is 2.24. The van der Waals surface area contributed by atoms with Crippen molar-refractivity contribution in [2.75, 3.05) is 26.6 Å². The van der Waals surface area contributed by atoms with E-state index in [4.69, 9.17) is 14.2 Å². The number of imidazole rings is 1. The molecular weight excluding hydrogens is 400 g/mol. The molecule has 3 rings (SSSR count). The molecule has 0 aliphatic rings. The van der Waals surface area contributed by atoms with Gasteiger partial charge in [-0.25, -0.2) is 4.98 Å². The van der Waals surface area contributed by atoms with Crippen LogP contribution in [0.3, 0.4) is 0 Å². The zero-order chi connectivity index (χ0) is 22.4. The van der Waals surface area contributed by atoms with E-state index in [0.717, 1.165) is 11.0 Å². The maximum absolute atomic E-state index is 12.9. The second-order valence-electron chi connectivity index (χ2n) is 6.82. The molecule has 2 aromatic carbocycles. The number of aromatic amines is 1. The number of anilines is 1. The summed E-state index contributed by atoms with van der Waals surface area (Å²) in [7, 11) is 4.43. The topological polar surface area (TPSA) is 115 Å². The van der Waals surface area contributed by atoms with Crippen molar-refractivity contribution >= 4 is 28.8 Å². The molecule has 31 heavy (non-hydrogen) atoms. The number of ether oxygens (including phenoxy) is 3. The molecule has 0 fully saturated rings. The van der Waals surface area contributed by atoms with Crippen LogP contribution >= 0.6 is 0 Å². The Kier molecular flexibility index (Phi) is 6.96. The molecule has 9 nitrogen and oxygen atoms in total. The number of nitrogens with one attached hydrogen (secondary N) is 3. The van der Waals surface area contributed by atoms with Gasteiger partial charge in [0.1, 0.15) is 6.04 Å². The van der Waals surface area contributed by atoms with Gasteiger partial charge in [-0.15, -0.1) is 0 Å². The predicted octanol–water partition coefficient (Wildman–Crippen LogP) is 3.13. The van der Waals surface area contributed by atoms with Gasteiger partial charge in [0.05, 0.1) is 32.4 Å². The van der Waals surface area contributed by atoms with Crippen LogP contribution in [0, 0.1) is 0 Å². The van der Waals surface area contributed by atoms with Crippen molar-refractivity contribution in [3.63, 3.8) is 0 Å². The fraction of sp³-hybridized carbons (Fsp3) is 0.318.